The molecule has 3 rings (SSSR count). The van der Waals surface area contributed by atoms with E-state index in [4.69, 9.17) is 9.63 Å². The van der Waals surface area contributed by atoms with Crippen molar-refractivity contribution < 1.29 is 14.0 Å². The molecule has 21 heavy (non-hydrogen) atoms. The van der Waals surface area contributed by atoms with Gasteiger partial charge in [-0.25, -0.2) is 4.39 Å². The maximum absolute atomic E-state index is 13.2. The van der Waals surface area contributed by atoms with E-state index in [0.29, 0.717) is 17.4 Å². The number of piperidine rings is 1. The van der Waals surface area contributed by atoms with E-state index >= 15 is 0 Å². The number of fused-ring (bicyclic) bond motifs is 1. The number of halogens is 1. The lowest BCUT2D eigenvalue weighted by Crippen LogP contribution is -2.36. The molecule has 0 unspecified atom stereocenters. The molecule has 1 aliphatic rings. The molecule has 0 spiro atoms. The van der Waals surface area contributed by atoms with E-state index in [-0.39, 0.29) is 12.4 Å². The first-order valence-electron chi connectivity index (χ1n) is 7.55. The number of hydrogen-bond donors (Lipinski definition) is 1. The van der Waals surface area contributed by atoms with Crippen molar-refractivity contribution >= 4 is 11.0 Å². The van der Waals surface area contributed by atoms with Crippen molar-refractivity contribution in [3.63, 3.8) is 0 Å². The van der Waals surface area contributed by atoms with Crippen LogP contribution in [-0.2, 0) is 0 Å². The van der Waals surface area contributed by atoms with Gasteiger partial charge in [-0.15, -0.1) is 0 Å². The summed E-state index contributed by atoms with van der Waals surface area (Å²) in [7, 11) is 0. The van der Waals surface area contributed by atoms with Gasteiger partial charge in [-0.2, -0.15) is 0 Å². The molecule has 0 bridgehead atoms. The van der Waals surface area contributed by atoms with Crippen LogP contribution in [0.2, 0.25) is 0 Å². The fourth-order valence-corrected chi connectivity index (χ4v) is 3.11. The van der Waals surface area contributed by atoms with Crippen LogP contribution in [0, 0.1) is 11.7 Å². The lowest BCUT2D eigenvalue weighted by molar-refractivity contribution is 0.147. The van der Waals surface area contributed by atoms with Gasteiger partial charge in [0.05, 0.1) is 5.69 Å². The first-order chi connectivity index (χ1) is 10.2. The van der Waals surface area contributed by atoms with E-state index in [1.54, 1.807) is 6.07 Å². The van der Waals surface area contributed by atoms with E-state index in [9.17, 15) is 4.39 Å². The lowest BCUT2D eigenvalue weighted by atomic mass is 9.91. The monoisotopic (exact) mass is 292 g/mol. The molecule has 0 aliphatic carbocycles. The highest BCUT2D eigenvalue weighted by atomic mass is 19.1. The summed E-state index contributed by atoms with van der Waals surface area (Å²) in [6.07, 6.45) is 2.05. The Hall–Kier alpha value is -1.46. The standard InChI is InChI=1S/C16H21FN2O2/c1-11(10-20)9-19-6-4-12(5-7-19)16-14-3-2-13(17)8-15(14)21-18-16/h2-3,8,11-12,20H,4-7,9-10H2,1H3/t11-/m1/s1. The number of aromatic nitrogens is 1. The van der Waals surface area contributed by atoms with Crippen LogP contribution in [0.25, 0.3) is 11.0 Å². The minimum Gasteiger partial charge on any atom is -0.396 e. The van der Waals surface area contributed by atoms with Gasteiger partial charge < -0.3 is 14.5 Å². The molecule has 2 heterocycles. The quantitative estimate of drug-likeness (QED) is 0.941. The number of hydrogen-bond acceptors (Lipinski definition) is 4. The van der Waals surface area contributed by atoms with Crippen LogP contribution in [0.1, 0.15) is 31.4 Å². The molecule has 2 aromatic rings. The van der Waals surface area contributed by atoms with Gasteiger partial charge in [0.2, 0.25) is 0 Å². The fraction of sp³-hybridized carbons (Fsp3) is 0.562. The van der Waals surface area contributed by atoms with Crippen molar-refractivity contribution in [1.29, 1.82) is 0 Å². The third-order valence-corrected chi connectivity index (χ3v) is 4.32. The fourth-order valence-electron chi connectivity index (χ4n) is 3.11. The second kappa shape index (κ2) is 6.12. The van der Waals surface area contributed by atoms with Gasteiger partial charge in [0, 0.05) is 30.5 Å². The predicted octanol–water partition coefficient (Wildman–Crippen LogP) is 2.77. The van der Waals surface area contributed by atoms with Gasteiger partial charge in [-0.3, -0.25) is 0 Å². The Labute approximate surface area is 123 Å². The Morgan fingerprint density at radius 2 is 2.19 bits per heavy atom. The summed E-state index contributed by atoms with van der Waals surface area (Å²) in [5.41, 5.74) is 1.49. The summed E-state index contributed by atoms with van der Waals surface area (Å²) in [5.74, 6) is 0.396. The Morgan fingerprint density at radius 3 is 2.90 bits per heavy atom. The summed E-state index contributed by atoms with van der Waals surface area (Å²) in [6.45, 7) is 5.24. The number of nitrogens with zero attached hydrogens (tertiary/aromatic N) is 2. The van der Waals surface area contributed by atoms with E-state index in [0.717, 1.165) is 43.6 Å². The van der Waals surface area contributed by atoms with Crippen molar-refractivity contribution in [3.8, 4) is 0 Å². The van der Waals surface area contributed by atoms with Gasteiger partial charge in [-0.05, 0) is 44.0 Å². The zero-order chi connectivity index (χ0) is 14.8. The van der Waals surface area contributed by atoms with Crippen LogP contribution in [0.3, 0.4) is 0 Å². The van der Waals surface area contributed by atoms with Gasteiger partial charge in [-0.1, -0.05) is 12.1 Å². The van der Waals surface area contributed by atoms with Crippen LogP contribution in [0.5, 0.6) is 0 Å². The molecule has 1 N–H and O–H groups in total. The van der Waals surface area contributed by atoms with Crippen molar-refractivity contribution in [3.05, 3.63) is 29.7 Å². The largest absolute Gasteiger partial charge is 0.396 e. The van der Waals surface area contributed by atoms with Gasteiger partial charge in [0.25, 0.3) is 0 Å². The van der Waals surface area contributed by atoms with Crippen LogP contribution < -0.4 is 0 Å². The summed E-state index contributed by atoms with van der Waals surface area (Å²) in [4.78, 5) is 2.39. The average Bonchev–Trinajstić information content (AvgIpc) is 2.90. The molecule has 1 atom stereocenters. The minimum atomic E-state index is -0.294. The SMILES string of the molecule is C[C@@H](CO)CN1CCC(c2noc3cc(F)ccc23)CC1. The normalized spacial score (nSPS) is 19.2. The van der Waals surface area contributed by atoms with E-state index in [2.05, 4.69) is 17.0 Å². The van der Waals surface area contributed by atoms with Gasteiger partial charge in [0.1, 0.15) is 5.82 Å². The van der Waals surface area contributed by atoms with Gasteiger partial charge >= 0.3 is 0 Å². The van der Waals surface area contributed by atoms with E-state index in [1.165, 1.54) is 12.1 Å². The predicted molar refractivity (Wildman–Crippen MR) is 78.6 cm³/mol. The van der Waals surface area contributed by atoms with Crippen LogP contribution >= 0.6 is 0 Å². The molecule has 5 heteroatoms. The molecule has 0 saturated carbocycles. The molecule has 0 radical (unpaired) electrons. The van der Waals surface area contributed by atoms with Gasteiger partial charge in [0.15, 0.2) is 5.58 Å². The second-order valence-corrected chi connectivity index (χ2v) is 6.07. The third kappa shape index (κ3) is 3.09. The summed E-state index contributed by atoms with van der Waals surface area (Å²) >= 11 is 0. The zero-order valence-corrected chi connectivity index (χ0v) is 12.3. The lowest BCUT2D eigenvalue weighted by Gasteiger charge is -2.32. The highest BCUT2D eigenvalue weighted by Gasteiger charge is 2.25. The molecule has 1 fully saturated rings. The second-order valence-electron chi connectivity index (χ2n) is 6.07. The molecular weight excluding hydrogens is 271 g/mol. The van der Waals surface area contributed by atoms with Crippen molar-refractivity contribution in [1.82, 2.24) is 10.1 Å². The Kier molecular flexibility index (Phi) is 4.22. The highest BCUT2D eigenvalue weighted by Crippen LogP contribution is 2.32. The molecule has 0 amide bonds. The Bertz CT molecular complexity index is 605. The maximum Gasteiger partial charge on any atom is 0.170 e. The van der Waals surface area contributed by atoms with E-state index < -0.39 is 0 Å². The Morgan fingerprint density at radius 1 is 1.43 bits per heavy atom. The topological polar surface area (TPSA) is 49.5 Å². The van der Waals surface area contributed by atoms with Crippen LogP contribution in [0.15, 0.2) is 22.7 Å². The first kappa shape index (κ1) is 14.5. The van der Waals surface area contributed by atoms with E-state index in [1.807, 2.05) is 0 Å². The molecule has 1 saturated heterocycles. The molecule has 1 aromatic carbocycles. The van der Waals surface area contributed by atoms with Crippen molar-refractivity contribution in [2.45, 2.75) is 25.7 Å². The van der Waals surface area contributed by atoms with Crippen molar-refractivity contribution in [2.24, 2.45) is 5.92 Å². The molecule has 1 aliphatic heterocycles. The van der Waals surface area contributed by atoms with Crippen molar-refractivity contribution in [2.75, 3.05) is 26.2 Å². The zero-order valence-electron chi connectivity index (χ0n) is 12.3. The van der Waals surface area contributed by atoms with Crippen LogP contribution in [-0.4, -0.2) is 41.4 Å². The molecular formula is C16H21FN2O2. The average molecular weight is 292 g/mol. The summed E-state index contributed by atoms with van der Waals surface area (Å²) in [5, 5.41) is 14.2. The molecule has 114 valence electrons. The summed E-state index contributed by atoms with van der Waals surface area (Å²) < 4.78 is 18.4. The smallest absolute Gasteiger partial charge is 0.170 e. The molecule has 4 nitrogen and oxygen atoms in total. The number of likely N-dealkylation sites (tertiary alicyclic amines) is 1. The summed E-state index contributed by atoms with van der Waals surface area (Å²) in [6, 6.07) is 4.61. The highest BCUT2D eigenvalue weighted by molar-refractivity contribution is 5.79. The number of aliphatic hydroxyl groups is 1. The number of aliphatic hydroxyl groups excluding tert-OH is 1. The number of benzene rings is 1. The Balaban J connectivity index is 1.68. The minimum absolute atomic E-state index is 0.236. The van der Waals surface area contributed by atoms with Crippen LogP contribution in [0.4, 0.5) is 4.39 Å². The maximum atomic E-state index is 13.2. The number of rotatable bonds is 4. The third-order valence-electron chi connectivity index (χ3n) is 4.32. The molecule has 1 aromatic heterocycles. The first-order valence-corrected chi connectivity index (χ1v) is 7.55.